The second-order valence-electron chi connectivity index (χ2n) is 5.37. The lowest BCUT2D eigenvalue weighted by Crippen LogP contribution is -1.81. The van der Waals surface area contributed by atoms with Crippen molar-refractivity contribution in [2.45, 2.75) is 0 Å². The summed E-state index contributed by atoms with van der Waals surface area (Å²) >= 11 is 0. The Bertz CT molecular complexity index is 1080. The number of nitrogens with zero attached hydrogens (tertiary/aromatic N) is 2. The Hall–Kier alpha value is -3.38. The first-order chi connectivity index (χ1) is 11.3. The molecule has 0 radical (unpaired) electrons. The van der Waals surface area contributed by atoms with Crippen molar-refractivity contribution in [3.05, 3.63) is 77.6 Å². The molecule has 0 bridgehead atoms. The molecule has 0 fully saturated rings. The van der Waals surface area contributed by atoms with Crippen LogP contribution in [0.15, 0.2) is 60.9 Å². The number of nitrogens with one attached hydrogen (secondary N) is 1. The summed E-state index contributed by atoms with van der Waals surface area (Å²) in [5.74, 6) is 0. The Balaban J connectivity index is 1.81. The molecule has 4 aromatic rings. The monoisotopic (exact) mass is 295 g/mol. The number of benzene rings is 2. The third-order valence-electron chi connectivity index (χ3n) is 3.97. The minimum atomic E-state index is 0.668. The lowest BCUT2D eigenvalue weighted by molar-refractivity contribution is 1.41. The standard InChI is InChI=1S/C20H13N3/c21-12-14-5-8-20-18(11-14)16(13-23-20)7-6-15-9-10-22-19-4-2-1-3-17(15)19/h1-11,13,23H/b7-6+. The van der Waals surface area contributed by atoms with Crippen LogP contribution >= 0.6 is 0 Å². The van der Waals surface area contributed by atoms with Gasteiger partial charge in [-0.2, -0.15) is 5.26 Å². The highest BCUT2D eigenvalue weighted by Gasteiger charge is 2.03. The summed E-state index contributed by atoms with van der Waals surface area (Å²) < 4.78 is 0. The molecule has 2 heterocycles. The van der Waals surface area contributed by atoms with Crippen molar-refractivity contribution >= 4 is 34.0 Å². The van der Waals surface area contributed by atoms with Crippen molar-refractivity contribution in [1.82, 2.24) is 9.97 Å². The fraction of sp³-hybridized carbons (Fsp3) is 0. The van der Waals surface area contributed by atoms with Gasteiger partial charge in [-0.05, 0) is 41.5 Å². The van der Waals surface area contributed by atoms with Gasteiger partial charge in [0.15, 0.2) is 0 Å². The lowest BCUT2D eigenvalue weighted by Gasteiger charge is -2.00. The van der Waals surface area contributed by atoms with E-state index in [4.69, 9.17) is 5.26 Å². The average Bonchev–Trinajstić information content (AvgIpc) is 3.02. The van der Waals surface area contributed by atoms with E-state index in [1.54, 1.807) is 0 Å². The molecular formula is C20H13N3. The minimum Gasteiger partial charge on any atom is -0.361 e. The number of nitriles is 1. The van der Waals surface area contributed by atoms with Crippen molar-refractivity contribution in [2.75, 3.05) is 0 Å². The van der Waals surface area contributed by atoms with E-state index < -0.39 is 0 Å². The Morgan fingerprint density at radius 3 is 2.74 bits per heavy atom. The number of hydrogen-bond donors (Lipinski definition) is 1. The molecule has 1 N–H and O–H groups in total. The van der Waals surface area contributed by atoms with Crippen LogP contribution in [0.5, 0.6) is 0 Å². The fourth-order valence-electron chi connectivity index (χ4n) is 2.79. The molecule has 0 amide bonds. The van der Waals surface area contributed by atoms with Crippen molar-refractivity contribution < 1.29 is 0 Å². The largest absolute Gasteiger partial charge is 0.361 e. The first-order valence-electron chi connectivity index (χ1n) is 7.38. The van der Waals surface area contributed by atoms with Crippen LogP contribution in [0.2, 0.25) is 0 Å². The smallest absolute Gasteiger partial charge is 0.0991 e. The normalized spacial score (nSPS) is 11.3. The minimum absolute atomic E-state index is 0.668. The highest BCUT2D eigenvalue weighted by atomic mass is 14.7. The molecule has 4 rings (SSSR count). The molecule has 2 aromatic carbocycles. The Kier molecular flexibility index (Phi) is 3.14. The summed E-state index contributed by atoms with van der Waals surface area (Å²) in [5, 5.41) is 11.2. The zero-order valence-corrected chi connectivity index (χ0v) is 12.3. The number of para-hydroxylation sites is 1. The van der Waals surface area contributed by atoms with Crippen molar-refractivity contribution in [3.8, 4) is 6.07 Å². The highest BCUT2D eigenvalue weighted by Crippen LogP contribution is 2.23. The van der Waals surface area contributed by atoms with Gasteiger partial charge in [-0.1, -0.05) is 30.4 Å². The van der Waals surface area contributed by atoms with Crippen LogP contribution in [0.3, 0.4) is 0 Å². The third-order valence-corrected chi connectivity index (χ3v) is 3.97. The van der Waals surface area contributed by atoms with E-state index >= 15 is 0 Å². The maximum atomic E-state index is 9.07. The molecule has 0 aliphatic carbocycles. The van der Waals surface area contributed by atoms with Gasteiger partial charge in [0, 0.05) is 28.7 Å². The van der Waals surface area contributed by atoms with Crippen molar-refractivity contribution in [3.63, 3.8) is 0 Å². The van der Waals surface area contributed by atoms with Gasteiger partial charge in [-0.15, -0.1) is 0 Å². The van der Waals surface area contributed by atoms with Crippen LogP contribution in [0, 0.1) is 11.3 Å². The maximum Gasteiger partial charge on any atom is 0.0991 e. The van der Waals surface area contributed by atoms with Gasteiger partial charge in [-0.3, -0.25) is 4.98 Å². The Morgan fingerprint density at radius 1 is 0.957 bits per heavy atom. The molecule has 0 atom stereocenters. The van der Waals surface area contributed by atoms with Gasteiger partial charge in [-0.25, -0.2) is 0 Å². The topological polar surface area (TPSA) is 52.5 Å². The van der Waals surface area contributed by atoms with E-state index in [0.717, 1.165) is 32.9 Å². The van der Waals surface area contributed by atoms with E-state index in [9.17, 15) is 0 Å². The van der Waals surface area contributed by atoms with E-state index in [1.165, 1.54) is 0 Å². The zero-order chi connectivity index (χ0) is 15.6. The number of pyridine rings is 1. The van der Waals surface area contributed by atoms with E-state index in [-0.39, 0.29) is 0 Å². The van der Waals surface area contributed by atoms with Gasteiger partial charge in [0.1, 0.15) is 0 Å². The number of aromatic nitrogens is 2. The first-order valence-corrected chi connectivity index (χ1v) is 7.38. The van der Waals surface area contributed by atoms with Gasteiger partial charge < -0.3 is 4.98 Å². The number of fused-ring (bicyclic) bond motifs is 2. The van der Waals surface area contributed by atoms with Crippen LogP contribution in [-0.2, 0) is 0 Å². The van der Waals surface area contributed by atoms with Crippen molar-refractivity contribution in [1.29, 1.82) is 5.26 Å². The summed E-state index contributed by atoms with van der Waals surface area (Å²) in [4.78, 5) is 7.62. The average molecular weight is 295 g/mol. The molecule has 0 saturated heterocycles. The summed E-state index contributed by atoms with van der Waals surface area (Å²) in [6, 6.07) is 18.0. The molecule has 108 valence electrons. The predicted octanol–water partition coefficient (Wildman–Crippen LogP) is 4.76. The summed E-state index contributed by atoms with van der Waals surface area (Å²) in [6.45, 7) is 0. The second kappa shape index (κ2) is 5.43. The molecule has 0 spiro atoms. The summed E-state index contributed by atoms with van der Waals surface area (Å²) in [6.07, 6.45) is 7.95. The van der Waals surface area contributed by atoms with Gasteiger partial charge in [0.25, 0.3) is 0 Å². The van der Waals surface area contributed by atoms with Crippen molar-refractivity contribution in [2.24, 2.45) is 0 Å². The first kappa shape index (κ1) is 13.3. The van der Waals surface area contributed by atoms with E-state index in [2.05, 4.69) is 34.3 Å². The lowest BCUT2D eigenvalue weighted by atomic mass is 10.1. The van der Waals surface area contributed by atoms with Crippen LogP contribution in [-0.4, -0.2) is 9.97 Å². The number of hydrogen-bond acceptors (Lipinski definition) is 2. The summed E-state index contributed by atoms with van der Waals surface area (Å²) in [7, 11) is 0. The zero-order valence-electron chi connectivity index (χ0n) is 12.3. The molecule has 2 aromatic heterocycles. The molecule has 0 aliphatic rings. The second-order valence-corrected chi connectivity index (χ2v) is 5.37. The molecule has 0 unspecified atom stereocenters. The van der Waals surface area contributed by atoms with E-state index in [1.807, 2.05) is 54.9 Å². The summed E-state index contributed by atoms with van der Waals surface area (Å²) in [5.41, 5.74) is 4.88. The van der Waals surface area contributed by atoms with Crippen LogP contribution < -0.4 is 0 Å². The molecular weight excluding hydrogens is 282 g/mol. The van der Waals surface area contributed by atoms with Crippen LogP contribution in [0.4, 0.5) is 0 Å². The van der Waals surface area contributed by atoms with Gasteiger partial charge in [0.2, 0.25) is 0 Å². The number of aromatic amines is 1. The van der Waals surface area contributed by atoms with Gasteiger partial charge >= 0.3 is 0 Å². The predicted molar refractivity (Wildman–Crippen MR) is 93.7 cm³/mol. The Labute approximate surface area is 133 Å². The molecule has 3 nitrogen and oxygen atoms in total. The quantitative estimate of drug-likeness (QED) is 0.579. The number of H-pyrrole nitrogens is 1. The number of rotatable bonds is 2. The molecule has 0 saturated carbocycles. The fourth-order valence-corrected chi connectivity index (χ4v) is 2.79. The third kappa shape index (κ3) is 2.37. The van der Waals surface area contributed by atoms with Crippen LogP contribution in [0.1, 0.15) is 16.7 Å². The SMILES string of the molecule is N#Cc1ccc2[nH]cc(/C=C/c3ccnc4ccccc34)c2c1. The maximum absolute atomic E-state index is 9.07. The molecule has 0 aliphatic heterocycles. The van der Waals surface area contributed by atoms with Gasteiger partial charge in [0.05, 0.1) is 17.1 Å². The Morgan fingerprint density at radius 2 is 1.83 bits per heavy atom. The highest BCUT2D eigenvalue weighted by molar-refractivity contribution is 5.95. The van der Waals surface area contributed by atoms with E-state index in [0.29, 0.717) is 5.56 Å². The molecule has 23 heavy (non-hydrogen) atoms. The molecule has 3 heteroatoms. The van der Waals surface area contributed by atoms with Crippen LogP contribution in [0.25, 0.3) is 34.0 Å².